The molecule has 8 nitrogen and oxygen atoms in total. The van der Waals surface area contributed by atoms with Crippen LogP contribution >= 0.6 is 0 Å². The minimum atomic E-state index is -0.250. The summed E-state index contributed by atoms with van der Waals surface area (Å²) >= 11 is 0. The van der Waals surface area contributed by atoms with E-state index in [4.69, 9.17) is 19.2 Å². The lowest BCUT2D eigenvalue weighted by Gasteiger charge is -2.23. The summed E-state index contributed by atoms with van der Waals surface area (Å²) in [6.07, 6.45) is 2.10. The minimum Gasteiger partial charge on any atom is -0.490 e. The van der Waals surface area contributed by atoms with E-state index in [1.807, 2.05) is 33.8 Å². The first-order chi connectivity index (χ1) is 16.9. The van der Waals surface area contributed by atoms with E-state index in [1.54, 1.807) is 12.1 Å². The summed E-state index contributed by atoms with van der Waals surface area (Å²) in [5.41, 5.74) is 4.83. The van der Waals surface area contributed by atoms with E-state index < -0.39 is 0 Å². The van der Waals surface area contributed by atoms with Gasteiger partial charge in [-0.25, -0.2) is 0 Å². The van der Waals surface area contributed by atoms with Crippen LogP contribution < -0.4 is 4.74 Å². The molecule has 0 bridgehead atoms. The molecule has 1 aliphatic rings. The normalized spacial score (nSPS) is 13.7. The van der Waals surface area contributed by atoms with Crippen molar-refractivity contribution in [1.82, 2.24) is 15.0 Å². The van der Waals surface area contributed by atoms with Crippen molar-refractivity contribution in [3.63, 3.8) is 0 Å². The minimum absolute atomic E-state index is 0.00582. The molecule has 35 heavy (non-hydrogen) atoms. The van der Waals surface area contributed by atoms with Gasteiger partial charge >= 0.3 is 0 Å². The van der Waals surface area contributed by atoms with Crippen molar-refractivity contribution in [2.75, 3.05) is 13.6 Å². The highest BCUT2D eigenvalue weighted by atomic mass is 16.5. The first-order valence-corrected chi connectivity index (χ1v) is 11.9. The van der Waals surface area contributed by atoms with Crippen LogP contribution in [0.1, 0.15) is 63.8 Å². The maximum atomic E-state index is 9.48. The van der Waals surface area contributed by atoms with Crippen LogP contribution in [0.5, 0.6) is 5.75 Å². The zero-order valence-electron chi connectivity index (χ0n) is 21.3. The van der Waals surface area contributed by atoms with Gasteiger partial charge in [0.05, 0.1) is 11.7 Å². The summed E-state index contributed by atoms with van der Waals surface area (Å²) in [7, 11) is 2.17. The molecule has 2 aromatic carbocycles. The van der Waals surface area contributed by atoms with Crippen LogP contribution in [0.15, 0.2) is 40.9 Å². The van der Waals surface area contributed by atoms with Gasteiger partial charge in [0, 0.05) is 17.2 Å². The predicted octanol–water partition coefficient (Wildman–Crippen LogP) is 5.73. The molecule has 1 heterocycles. The van der Waals surface area contributed by atoms with Gasteiger partial charge in [0.1, 0.15) is 11.8 Å². The number of nitriles is 1. The zero-order chi connectivity index (χ0) is 26.0. The average Bonchev–Trinajstić information content (AvgIpc) is 3.53. The number of hydrogen-bond donors (Lipinski definition) is 1. The number of ether oxygens (including phenoxy) is 1. The van der Waals surface area contributed by atoms with E-state index >= 15 is 0 Å². The number of benzene rings is 2. The molecule has 186 valence electrons. The van der Waals surface area contributed by atoms with Crippen molar-refractivity contribution in [3.05, 3.63) is 53.1 Å². The van der Waals surface area contributed by atoms with Gasteiger partial charge in [-0.15, -0.1) is 0 Å². The molecule has 0 aliphatic heterocycles. The van der Waals surface area contributed by atoms with Crippen molar-refractivity contribution < 1.29 is 19.2 Å². The summed E-state index contributed by atoms with van der Waals surface area (Å²) < 4.78 is 11.3. The second kappa shape index (κ2) is 13.3. The third kappa shape index (κ3) is 6.46. The number of nitrogens with zero attached hydrogens (tertiary/aromatic N) is 4. The Kier molecular flexibility index (Phi) is 10.4. The van der Waals surface area contributed by atoms with Crippen molar-refractivity contribution in [2.45, 2.75) is 59.6 Å². The molecule has 4 rings (SSSR count). The monoisotopic (exact) mass is 478 g/mol. The Morgan fingerprint density at radius 2 is 2.03 bits per heavy atom. The van der Waals surface area contributed by atoms with E-state index in [2.05, 4.69) is 53.3 Å². The fourth-order valence-corrected chi connectivity index (χ4v) is 4.08. The van der Waals surface area contributed by atoms with Gasteiger partial charge in [0.15, 0.2) is 0 Å². The Morgan fingerprint density at radius 1 is 1.31 bits per heavy atom. The number of aromatic nitrogens is 2. The molecule has 1 N–H and O–H groups in total. The van der Waals surface area contributed by atoms with Crippen LogP contribution in [0.25, 0.3) is 22.8 Å². The summed E-state index contributed by atoms with van der Waals surface area (Å²) in [4.78, 5) is 15.4. The van der Waals surface area contributed by atoms with Gasteiger partial charge < -0.3 is 14.4 Å². The number of hydrogen-bond acceptors (Lipinski definition) is 7. The highest BCUT2D eigenvalue weighted by molar-refractivity contribution is 5.67. The molecule has 8 heteroatoms. The van der Waals surface area contributed by atoms with E-state index in [9.17, 15) is 5.26 Å². The molecule has 0 spiro atoms. The molecule has 1 atom stereocenters. The van der Waals surface area contributed by atoms with Crippen LogP contribution in [0.3, 0.4) is 0 Å². The molecule has 0 amide bonds. The highest BCUT2D eigenvalue weighted by Gasteiger charge is 2.28. The summed E-state index contributed by atoms with van der Waals surface area (Å²) in [6.45, 7) is 10.8. The SMILES string of the molecule is CC.CCN(C)C1CCc2c(-c3noc(-c4ccc(OC(C)C)c(C#N)c4)n3)cccc21.O=CO. The predicted molar refractivity (Wildman–Crippen MR) is 135 cm³/mol. The lowest BCUT2D eigenvalue weighted by Crippen LogP contribution is -2.22. The summed E-state index contributed by atoms with van der Waals surface area (Å²) in [6, 6.07) is 14.3. The second-order valence-corrected chi connectivity index (χ2v) is 8.02. The number of carbonyl (C=O) groups is 1. The molecule has 0 radical (unpaired) electrons. The van der Waals surface area contributed by atoms with Gasteiger partial charge in [-0.1, -0.05) is 44.1 Å². The molecule has 3 aromatic rings. The number of carboxylic acid groups (broad SMARTS) is 1. The van der Waals surface area contributed by atoms with Crippen LogP contribution in [0, 0.1) is 11.3 Å². The lowest BCUT2D eigenvalue weighted by molar-refractivity contribution is -0.122. The maximum absolute atomic E-state index is 9.48. The second-order valence-electron chi connectivity index (χ2n) is 8.02. The molecule has 0 saturated carbocycles. The van der Waals surface area contributed by atoms with E-state index in [-0.39, 0.29) is 12.6 Å². The van der Waals surface area contributed by atoms with E-state index in [0.717, 1.165) is 24.9 Å². The van der Waals surface area contributed by atoms with Gasteiger partial charge in [0.25, 0.3) is 12.4 Å². The van der Waals surface area contributed by atoms with Crippen LogP contribution in [0.2, 0.25) is 0 Å². The van der Waals surface area contributed by atoms with Crippen molar-refractivity contribution in [1.29, 1.82) is 5.26 Å². The quantitative estimate of drug-likeness (QED) is 0.447. The van der Waals surface area contributed by atoms with Crippen LogP contribution in [-0.4, -0.2) is 46.3 Å². The Labute approximate surface area is 207 Å². The van der Waals surface area contributed by atoms with Gasteiger partial charge in [-0.2, -0.15) is 10.2 Å². The maximum Gasteiger partial charge on any atom is 0.290 e. The average molecular weight is 479 g/mol. The first kappa shape index (κ1) is 27.5. The van der Waals surface area contributed by atoms with Crippen LogP contribution in [0.4, 0.5) is 0 Å². The topological polar surface area (TPSA) is 112 Å². The van der Waals surface area contributed by atoms with Gasteiger partial charge in [-0.3, -0.25) is 9.69 Å². The molecule has 1 aliphatic carbocycles. The van der Waals surface area contributed by atoms with Gasteiger partial charge in [-0.05, 0) is 69.6 Å². The molecule has 1 aromatic heterocycles. The fourth-order valence-electron chi connectivity index (χ4n) is 4.08. The Bertz CT molecular complexity index is 1150. The first-order valence-electron chi connectivity index (χ1n) is 11.9. The molecular weight excluding hydrogens is 444 g/mol. The third-order valence-corrected chi connectivity index (χ3v) is 5.65. The van der Waals surface area contributed by atoms with Crippen molar-refractivity contribution in [2.24, 2.45) is 0 Å². The smallest absolute Gasteiger partial charge is 0.290 e. The Morgan fingerprint density at radius 3 is 2.66 bits per heavy atom. The standard InChI is InChI=1S/C24H26N4O2.C2H6.CH2O2/c1-5-28(4)21-11-10-18-19(21)7-6-8-20(18)23-26-24(30-27-23)16-9-12-22(29-15(2)3)17(13-16)14-25;1-2;2-1-3/h6-9,12-13,15,21H,5,10-11H2,1-4H3;1-2H3;1H,(H,2,3). The summed E-state index contributed by atoms with van der Waals surface area (Å²) in [5.74, 6) is 1.54. The van der Waals surface area contributed by atoms with Crippen molar-refractivity contribution in [3.8, 4) is 34.7 Å². The largest absolute Gasteiger partial charge is 0.490 e. The van der Waals surface area contributed by atoms with Gasteiger partial charge in [0.2, 0.25) is 5.82 Å². The molecule has 1 unspecified atom stereocenters. The molecular formula is C27H34N4O4. The molecule has 0 fully saturated rings. The third-order valence-electron chi connectivity index (χ3n) is 5.65. The Hall–Kier alpha value is -3.70. The lowest BCUT2D eigenvalue weighted by atomic mass is 10.0. The van der Waals surface area contributed by atoms with E-state index in [1.165, 1.54) is 11.1 Å². The van der Waals surface area contributed by atoms with E-state index in [0.29, 0.717) is 34.6 Å². The molecule has 0 saturated heterocycles. The number of rotatable bonds is 6. The summed E-state index contributed by atoms with van der Waals surface area (Å²) in [5, 5.41) is 20.6. The van der Waals surface area contributed by atoms with Crippen LogP contribution in [-0.2, 0) is 11.2 Å². The zero-order valence-corrected chi connectivity index (χ0v) is 21.3. The number of fused-ring (bicyclic) bond motifs is 1. The van der Waals surface area contributed by atoms with Crippen molar-refractivity contribution >= 4 is 6.47 Å². The fraction of sp³-hybridized carbons (Fsp3) is 0.407. The Balaban J connectivity index is 0.000000803. The highest BCUT2D eigenvalue weighted by Crippen LogP contribution is 2.40.